The molecule has 0 saturated heterocycles. The van der Waals surface area contributed by atoms with E-state index in [0.717, 1.165) is 33.2 Å². The Balaban J connectivity index is 1.66. The van der Waals surface area contributed by atoms with Crippen molar-refractivity contribution >= 4 is 27.8 Å². The molecular formula is C22H25N9OS. The summed E-state index contributed by atoms with van der Waals surface area (Å²) in [7, 11) is 3.58. The number of hydrogen-bond donors (Lipinski definition) is 1. The van der Waals surface area contributed by atoms with Gasteiger partial charge in [0, 0.05) is 55.9 Å². The summed E-state index contributed by atoms with van der Waals surface area (Å²) in [4.78, 5) is 13.9. The summed E-state index contributed by atoms with van der Waals surface area (Å²) in [6, 6.07) is 2.31. The van der Waals surface area contributed by atoms with Crippen LogP contribution in [0.3, 0.4) is 0 Å². The fraction of sp³-hybridized carbons (Fsp3) is 0.318. The molecule has 11 heteroatoms. The van der Waals surface area contributed by atoms with Gasteiger partial charge in [0.15, 0.2) is 16.8 Å². The standard InChI is InChI=1S/C22H25N9OS/c1-13(2)30-8-6-17(27-30)16-10-31-18(14(16)3)19(26-22-24-15(11-32-5)12-33-22)25-20(28-31)21-23-7-9-29(21)4/h6-10,12-13H,11H2,1-5H3,(H,24,25,26,28). The molecule has 0 bridgehead atoms. The lowest BCUT2D eigenvalue weighted by Crippen LogP contribution is -2.06. The summed E-state index contributed by atoms with van der Waals surface area (Å²) in [5.74, 6) is 1.85. The van der Waals surface area contributed by atoms with E-state index in [9.17, 15) is 0 Å². The maximum atomic E-state index is 5.20. The number of imidazole rings is 1. The quantitative estimate of drug-likeness (QED) is 0.385. The molecule has 0 aliphatic carbocycles. The number of anilines is 2. The maximum absolute atomic E-state index is 5.20. The third-order valence-electron chi connectivity index (χ3n) is 5.39. The highest BCUT2D eigenvalue weighted by atomic mass is 32.1. The van der Waals surface area contributed by atoms with Crippen LogP contribution in [-0.2, 0) is 18.4 Å². The first-order valence-corrected chi connectivity index (χ1v) is 11.5. The third-order valence-corrected chi connectivity index (χ3v) is 6.19. The lowest BCUT2D eigenvalue weighted by molar-refractivity contribution is 0.182. The summed E-state index contributed by atoms with van der Waals surface area (Å²) in [6.07, 6.45) is 7.60. The van der Waals surface area contributed by atoms with Gasteiger partial charge < -0.3 is 14.6 Å². The minimum absolute atomic E-state index is 0.286. The second-order valence-corrected chi connectivity index (χ2v) is 8.94. The van der Waals surface area contributed by atoms with Gasteiger partial charge in [-0.2, -0.15) is 5.10 Å². The molecule has 0 saturated carbocycles. The highest BCUT2D eigenvalue weighted by Gasteiger charge is 2.20. The van der Waals surface area contributed by atoms with Crippen molar-refractivity contribution in [1.29, 1.82) is 0 Å². The number of thiazole rings is 1. The largest absolute Gasteiger partial charge is 0.378 e. The van der Waals surface area contributed by atoms with Gasteiger partial charge in [-0.3, -0.25) is 4.68 Å². The van der Waals surface area contributed by atoms with Crippen molar-refractivity contribution in [3.63, 3.8) is 0 Å². The fourth-order valence-corrected chi connectivity index (χ4v) is 4.40. The Morgan fingerprint density at radius 2 is 2.03 bits per heavy atom. The molecule has 33 heavy (non-hydrogen) atoms. The van der Waals surface area contributed by atoms with Gasteiger partial charge in [-0.05, 0) is 32.4 Å². The average Bonchev–Trinajstić information content (AvgIpc) is 3.56. The summed E-state index contributed by atoms with van der Waals surface area (Å²) in [6.45, 7) is 6.74. The number of hydrogen-bond acceptors (Lipinski definition) is 8. The van der Waals surface area contributed by atoms with Gasteiger partial charge in [-0.1, -0.05) is 0 Å². The Morgan fingerprint density at radius 1 is 1.18 bits per heavy atom. The summed E-state index contributed by atoms with van der Waals surface area (Å²) < 4.78 is 10.9. The topological polar surface area (TPSA) is 100.0 Å². The summed E-state index contributed by atoms with van der Waals surface area (Å²) >= 11 is 1.51. The predicted octanol–water partition coefficient (Wildman–Crippen LogP) is 4.23. The Bertz CT molecular complexity index is 1430. The first-order valence-electron chi connectivity index (χ1n) is 10.6. The number of rotatable bonds is 7. The van der Waals surface area contributed by atoms with Crippen LogP contribution in [0.15, 0.2) is 36.2 Å². The molecule has 0 fully saturated rings. The number of methoxy groups -OCH3 is 1. The molecule has 0 aliphatic heterocycles. The Kier molecular flexibility index (Phi) is 5.43. The zero-order valence-electron chi connectivity index (χ0n) is 19.1. The van der Waals surface area contributed by atoms with Crippen LogP contribution in [0.1, 0.15) is 31.1 Å². The van der Waals surface area contributed by atoms with Crippen molar-refractivity contribution in [2.24, 2.45) is 7.05 Å². The van der Waals surface area contributed by atoms with Crippen LogP contribution in [0.2, 0.25) is 0 Å². The minimum atomic E-state index is 0.286. The molecular weight excluding hydrogens is 438 g/mol. The minimum Gasteiger partial charge on any atom is -0.378 e. The average molecular weight is 464 g/mol. The predicted molar refractivity (Wildman–Crippen MR) is 128 cm³/mol. The van der Waals surface area contributed by atoms with Gasteiger partial charge in [0.25, 0.3) is 0 Å². The van der Waals surface area contributed by atoms with Crippen molar-refractivity contribution in [1.82, 2.24) is 38.9 Å². The van der Waals surface area contributed by atoms with Crippen LogP contribution in [0, 0.1) is 6.92 Å². The molecule has 10 nitrogen and oxygen atoms in total. The number of ether oxygens (including phenoxy) is 1. The Morgan fingerprint density at radius 3 is 2.73 bits per heavy atom. The SMILES string of the molecule is COCc1csc(Nc2nc(-c3nccn3C)nn3cc(-c4ccn(C(C)C)n4)c(C)c23)n1. The van der Waals surface area contributed by atoms with E-state index in [-0.39, 0.29) is 6.04 Å². The van der Waals surface area contributed by atoms with Crippen molar-refractivity contribution in [2.75, 3.05) is 12.4 Å². The zero-order valence-corrected chi connectivity index (χ0v) is 20.0. The molecule has 5 aromatic rings. The van der Waals surface area contributed by atoms with Crippen LogP contribution in [0.25, 0.3) is 28.4 Å². The number of aryl methyl sites for hydroxylation is 2. The van der Waals surface area contributed by atoms with Crippen LogP contribution in [0.4, 0.5) is 10.9 Å². The van der Waals surface area contributed by atoms with E-state index in [1.54, 1.807) is 13.3 Å². The van der Waals surface area contributed by atoms with Gasteiger partial charge >= 0.3 is 0 Å². The number of fused-ring (bicyclic) bond motifs is 1. The molecule has 0 unspecified atom stereocenters. The first kappa shape index (κ1) is 21.3. The van der Waals surface area contributed by atoms with Crippen molar-refractivity contribution in [3.8, 4) is 22.9 Å². The fourth-order valence-electron chi connectivity index (χ4n) is 3.70. The third kappa shape index (κ3) is 3.89. The molecule has 0 spiro atoms. The zero-order chi connectivity index (χ0) is 23.1. The highest BCUT2D eigenvalue weighted by molar-refractivity contribution is 7.13. The van der Waals surface area contributed by atoms with Crippen molar-refractivity contribution in [2.45, 2.75) is 33.4 Å². The van der Waals surface area contributed by atoms with Crippen LogP contribution in [-0.4, -0.2) is 46.0 Å². The Labute approximate surface area is 194 Å². The van der Waals surface area contributed by atoms with Gasteiger partial charge in [-0.15, -0.1) is 16.4 Å². The smallest absolute Gasteiger partial charge is 0.218 e. The molecule has 1 N–H and O–H groups in total. The number of nitrogens with zero attached hydrogens (tertiary/aromatic N) is 8. The van der Waals surface area contributed by atoms with Gasteiger partial charge in [0.1, 0.15) is 5.52 Å². The first-order chi connectivity index (χ1) is 15.9. The van der Waals surface area contributed by atoms with Gasteiger partial charge in [-0.25, -0.2) is 19.5 Å². The van der Waals surface area contributed by atoms with Gasteiger partial charge in [0.05, 0.1) is 18.0 Å². The number of nitrogens with one attached hydrogen (secondary N) is 1. The number of aromatic nitrogens is 8. The second-order valence-electron chi connectivity index (χ2n) is 8.08. The van der Waals surface area contributed by atoms with Crippen molar-refractivity contribution in [3.05, 3.63) is 47.5 Å². The summed E-state index contributed by atoms with van der Waals surface area (Å²) in [5, 5.41) is 15.6. The van der Waals surface area contributed by atoms with Crippen molar-refractivity contribution < 1.29 is 4.74 Å². The lowest BCUT2D eigenvalue weighted by Gasteiger charge is -2.09. The molecule has 5 aromatic heterocycles. The monoisotopic (exact) mass is 463 g/mol. The second kappa shape index (κ2) is 8.41. The molecule has 170 valence electrons. The van der Waals surface area contributed by atoms with E-state index in [0.29, 0.717) is 24.1 Å². The van der Waals surface area contributed by atoms with E-state index >= 15 is 0 Å². The van der Waals surface area contributed by atoms with E-state index in [1.807, 2.05) is 50.8 Å². The molecule has 5 heterocycles. The van der Waals surface area contributed by atoms with Crippen LogP contribution >= 0.6 is 11.3 Å². The molecule has 0 radical (unpaired) electrons. The van der Waals surface area contributed by atoms with E-state index in [1.165, 1.54) is 11.3 Å². The normalized spacial score (nSPS) is 11.7. The Hall–Kier alpha value is -3.57. The molecule has 0 aromatic carbocycles. The molecule has 0 amide bonds. The van der Waals surface area contributed by atoms with E-state index in [2.05, 4.69) is 36.1 Å². The highest BCUT2D eigenvalue weighted by Crippen LogP contribution is 2.33. The van der Waals surface area contributed by atoms with E-state index < -0.39 is 0 Å². The summed E-state index contributed by atoms with van der Waals surface area (Å²) in [5.41, 5.74) is 4.67. The molecule has 0 atom stereocenters. The maximum Gasteiger partial charge on any atom is 0.218 e. The molecule has 5 rings (SSSR count). The lowest BCUT2D eigenvalue weighted by atomic mass is 10.1. The van der Waals surface area contributed by atoms with Gasteiger partial charge in [0.2, 0.25) is 5.82 Å². The van der Waals surface area contributed by atoms with Crippen LogP contribution < -0.4 is 5.32 Å². The van der Waals surface area contributed by atoms with E-state index in [4.69, 9.17) is 19.9 Å². The molecule has 0 aliphatic rings. The van der Waals surface area contributed by atoms with Crippen LogP contribution in [0.5, 0.6) is 0 Å².